The second kappa shape index (κ2) is 5.35. The van der Waals surface area contributed by atoms with Crippen LogP contribution in [0.3, 0.4) is 0 Å². The molecule has 1 heterocycles. The molecule has 1 aliphatic rings. The van der Waals surface area contributed by atoms with Crippen molar-refractivity contribution < 1.29 is 22.8 Å². The highest BCUT2D eigenvalue weighted by Crippen LogP contribution is 2.23. The number of likely N-dealkylation sites (tertiary alicyclic amines) is 1. The van der Waals surface area contributed by atoms with Crippen molar-refractivity contribution in [2.75, 3.05) is 26.2 Å². The molecule has 1 fully saturated rings. The van der Waals surface area contributed by atoms with Gasteiger partial charge in [0.05, 0.1) is 6.54 Å². The van der Waals surface area contributed by atoms with Crippen molar-refractivity contribution >= 4 is 11.8 Å². The summed E-state index contributed by atoms with van der Waals surface area (Å²) in [6.07, 6.45) is -4.37. The Hall–Kier alpha value is -1.31. The molecule has 1 atom stereocenters. The topological polar surface area (TPSA) is 75.4 Å². The minimum atomic E-state index is -4.82. The number of hydrogen-bond donors (Lipinski definition) is 2. The van der Waals surface area contributed by atoms with Crippen molar-refractivity contribution in [3.8, 4) is 0 Å². The van der Waals surface area contributed by atoms with Crippen LogP contribution in [0, 0.1) is 5.92 Å². The van der Waals surface area contributed by atoms with Crippen molar-refractivity contribution in [2.45, 2.75) is 12.6 Å². The minimum absolute atomic E-state index is 0.0171. The molecule has 1 unspecified atom stereocenters. The van der Waals surface area contributed by atoms with Gasteiger partial charge < -0.3 is 16.0 Å². The van der Waals surface area contributed by atoms with E-state index in [1.165, 1.54) is 0 Å². The molecule has 0 saturated carbocycles. The van der Waals surface area contributed by atoms with E-state index < -0.39 is 12.1 Å². The van der Waals surface area contributed by atoms with Gasteiger partial charge in [-0.25, -0.2) is 0 Å². The summed E-state index contributed by atoms with van der Waals surface area (Å²) in [5, 5.41) is 2.49. The quantitative estimate of drug-likeness (QED) is 0.710. The Kier molecular flexibility index (Phi) is 4.33. The third-order valence-corrected chi connectivity index (χ3v) is 2.59. The van der Waals surface area contributed by atoms with Crippen LogP contribution in [0.25, 0.3) is 0 Å². The zero-order valence-corrected chi connectivity index (χ0v) is 9.09. The summed E-state index contributed by atoms with van der Waals surface area (Å²) in [7, 11) is 0. The molecule has 0 radical (unpaired) electrons. The molecule has 0 aromatic carbocycles. The van der Waals surface area contributed by atoms with Gasteiger partial charge in [0.1, 0.15) is 0 Å². The van der Waals surface area contributed by atoms with Crippen LogP contribution in [0.5, 0.6) is 0 Å². The molecule has 17 heavy (non-hydrogen) atoms. The molecule has 1 aliphatic heterocycles. The van der Waals surface area contributed by atoms with Gasteiger partial charge in [0.2, 0.25) is 5.91 Å². The molecule has 8 heteroatoms. The number of nitrogens with one attached hydrogen (secondary N) is 1. The summed E-state index contributed by atoms with van der Waals surface area (Å²) in [5.74, 6) is -2.31. The zero-order chi connectivity index (χ0) is 13.1. The Morgan fingerprint density at radius 3 is 2.59 bits per heavy atom. The molecular formula is C9H14F3N3O2. The SMILES string of the molecule is NCC(=O)NCC1CCN(C(=O)C(F)(F)F)C1. The van der Waals surface area contributed by atoms with Crippen LogP contribution in [0.4, 0.5) is 13.2 Å². The van der Waals surface area contributed by atoms with Crippen molar-refractivity contribution in [1.29, 1.82) is 0 Å². The number of rotatable bonds is 3. The highest BCUT2D eigenvalue weighted by atomic mass is 19.4. The molecule has 5 nitrogen and oxygen atoms in total. The Balaban J connectivity index is 2.37. The number of hydrogen-bond acceptors (Lipinski definition) is 3. The van der Waals surface area contributed by atoms with Crippen molar-refractivity contribution in [3.05, 3.63) is 0 Å². The zero-order valence-electron chi connectivity index (χ0n) is 9.09. The van der Waals surface area contributed by atoms with Gasteiger partial charge in [0.25, 0.3) is 0 Å². The van der Waals surface area contributed by atoms with Crippen LogP contribution in [-0.2, 0) is 9.59 Å². The summed E-state index contributed by atoms with van der Waals surface area (Å²) in [5.41, 5.74) is 5.06. The second-order valence-electron chi connectivity index (χ2n) is 3.91. The molecule has 3 N–H and O–H groups in total. The van der Waals surface area contributed by atoms with Gasteiger partial charge in [-0.1, -0.05) is 0 Å². The van der Waals surface area contributed by atoms with E-state index in [1.54, 1.807) is 0 Å². The van der Waals surface area contributed by atoms with Crippen molar-refractivity contribution in [3.63, 3.8) is 0 Å². The molecule has 0 aromatic rings. The molecule has 0 aromatic heterocycles. The van der Waals surface area contributed by atoms with E-state index in [-0.39, 0.29) is 38.0 Å². The number of halogens is 3. The highest BCUT2D eigenvalue weighted by molar-refractivity contribution is 5.82. The fourth-order valence-corrected chi connectivity index (χ4v) is 1.69. The Morgan fingerprint density at radius 2 is 2.06 bits per heavy atom. The first-order valence-electron chi connectivity index (χ1n) is 5.17. The molecule has 1 saturated heterocycles. The Labute approximate surface area is 96.1 Å². The average Bonchev–Trinajstić information content (AvgIpc) is 2.71. The second-order valence-corrected chi connectivity index (χ2v) is 3.91. The minimum Gasteiger partial charge on any atom is -0.355 e. The summed E-state index contributed by atoms with van der Waals surface area (Å²) in [6, 6.07) is 0. The van der Waals surface area contributed by atoms with Gasteiger partial charge >= 0.3 is 12.1 Å². The Bertz CT molecular complexity index is 306. The van der Waals surface area contributed by atoms with E-state index in [2.05, 4.69) is 5.32 Å². The number of nitrogens with two attached hydrogens (primary N) is 1. The lowest BCUT2D eigenvalue weighted by molar-refractivity contribution is -0.184. The third kappa shape index (κ3) is 3.88. The predicted molar refractivity (Wildman–Crippen MR) is 52.8 cm³/mol. The molecule has 98 valence electrons. The molecule has 2 amide bonds. The number of alkyl halides is 3. The number of nitrogens with zero attached hydrogens (tertiary/aromatic N) is 1. The third-order valence-electron chi connectivity index (χ3n) is 2.59. The van der Waals surface area contributed by atoms with Crippen LogP contribution in [0.2, 0.25) is 0 Å². The van der Waals surface area contributed by atoms with Gasteiger partial charge in [0, 0.05) is 19.6 Å². The molecule has 0 aliphatic carbocycles. The van der Waals surface area contributed by atoms with E-state index in [0.29, 0.717) is 6.42 Å². The standard InChI is InChI=1S/C9H14F3N3O2/c10-9(11,12)8(17)15-2-1-6(5-15)4-14-7(16)3-13/h6H,1-5,13H2,(H,14,16). The van der Waals surface area contributed by atoms with Gasteiger partial charge in [-0.05, 0) is 12.3 Å². The predicted octanol–water partition coefficient (Wildman–Crippen LogP) is -0.528. The van der Waals surface area contributed by atoms with Crippen LogP contribution in [0.15, 0.2) is 0 Å². The summed E-state index contributed by atoms with van der Waals surface area (Å²) >= 11 is 0. The van der Waals surface area contributed by atoms with E-state index in [4.69, 9.17) is 5.73 Å². The fourth-order valence-electron chi connectivity index (χ4n) is 1.69. The summed E-state index contributed by atoms with van der Waals surface area (Å²) in [6.45, 7) is 0.181. The first-order valence-corrected chi connectivity index (χ1v) is 5.17. The van der Waals surface area contributed by atoms with E-state index in [1.807, 2.05) is 0 Å². The van der Waals surface area contributed by atoms with Crippen LogP contribution in [0.1, 0.15) is 6.42 Å². The molecule has 0 bridgehead atoms. The first kappa shape index (κ1) is 13.8. The van der Waals surface area contributed by atoms with E-state index in [0.717, 1.165) is 4.90 Å². The lowest BCUT2D eigenvalue weighted by atomic mass is 10.1. The normalized spacial score (nSPS) is 20.5. The number of carbonyl (C=O) groups is 2. The molecular weight excluding hydrogens is 239 g/mol. The summed E-state index contributed by atoms with van der Waals surface area (Å²) in [4.78, 5) is 22.5. The highest BCUT2D eigenvalue weighted by Gasteiger charge is 2.44. The largest absolute Gasteiger partial charge is 0.471 e. The first-order chi connectivity index (χ1) is 7.84. The number of carbonyl (C=O) groups excluding carboxylic acids is 2. The monoisotopic (exact) mass is 253 g/mol. The fraction of sp³-hybridized carbons (Fsp3) is 0.778. The van der Waals surface area contributed by atoms with E-state index >= 15 is 0 Å². The lowest BCUT2D eigenvalue weighted by Crippen LogP contribution is -2.40. The smallest absolute Gasteiger partial charge is 0.355 e. The Morgan fingerprint density at radius 1 is 1.41 bits per heavy atom. The van der Waals surface area contributed by atoms with Crippen LogP contribution < -0.4 is 11.1 Å². The van der Waals surface area contributed by atoms with Gasteiger partial charge in [-0.3, -0.25) is 9.59 Å². The number of amides is 2. The van der Waals surface area contributed by atoms with Crippen LogP contribution in [-0.4, -0.2) is 49.1 Å². The maximum Gasteiger partial charge on any atom is 0.471 e. The van der Waals surface area contributed by atoms with Gasteiger partial charge in [0.15, 0.2) is 0 Å². The van der Waals surface area contributed by atoms with Crippen LogP contribution >= 0.6 is 0 Å². The van der Waals surface area contributed by atoms with Crippen molar-refractivity contribution in [2.24, 2.45) is 11.7 Å². The van der Waals surface area contributed by atoms with Gasteiger partial charge in [-0.2, -0.15) is 13.2 Å². The van der Waals surface area contributed by atoms with E-state index in [9.17, 15) is 22.8 Å². The lowest BCUT2D eigenvalue weighted by Gasteiger charge is -2.18. The average molecular weight is 253 g/mol. The molecule has 0 spiro atoms. The van der Waals surface area contributed by atoms with Crippen molar-refractivity contribution in [1.82, 2.24) is 10.2 Å². The molecule has 1 rings (SSSR count). The summed E-state index contributed by atoms with van der Waals surface area (Å²) < 4.78 is 36.4. The van der Waals surface area contributed by atoms with Gasteiger partial charge in [-0.15, -0.1) is 0 Å². The maximum absolute atomic E-state index is 12.1. The maximum atomic E-state index is 12.1.